The van der Waals surface area contributed by atoms with Gasteiger partial charge in [0, 0.05) is 6.54 Å². The molecule has 0 saturated heterocycles. The predicted molar refractivity (Wildman–Crippen MR) is 97.2 cm³/mol. The van der Waals surface area contributed by atoms with Gasteiger partial charge in [-0.2, -0.15) is 0 Å². The summed E-state index contributed by atoms with van der Waals surface area (Å²) in [5.74, 6) is 2.59. The standard InChI is InChI=1S/C21H20N2O/c1-14-4-8-17(9-5-14)13-23-19-10-6-15(2)12-18(19)22-21(23)20-11-7-16(3)24-20/h4-12H,13H2,1-3H3. The molecule has 0 unspecified atom stereocenters. The Bertz CT molecular complexity index is 1010. The van der Waals surface area contributed by atoms with Crippen LogP contribution in [0.25, 0.3) is 22.6 Å². The van der Waals surface area contributed by atoms with Crippen LogP contribution in [-0.2, 0) is 6.54 Å². The zero-order chi connectivity index (χ0) is 16.7. The molecule has 0 aliphatic heterocycles. The third kappa shape index (κ3) is 2.62. The first kappa shape index (κ1) is 14.8. The first-order chi connectivity index (χ1) is 11.6. The molecule has 0 bridgehead atoms. The maximum atomic E-state index is 5.84. The van der Waals surface area contributed by atoms with Crippen molar-refractivity contribution >= 4 is 11.0 Å². The minimum Gasteiger partial charge on any atom is -0.458 e. The van der Waals surface area contributed by atoms with Crippen LogP contribution in [0.15, 0.2) is 59.0 Å². The molecule has 0 aliphatic rings. The summed E-state index contributed by atoms with van der Waals surface area (Å²) >= 11 is 0. The zero-order valence-corrected chi connectivity index (χ0v) is 14.2. The van der Waals surface area contributed by atoms with Gasteiger partial charge >= 0.3 is 0 Å². The van der Waals surface area contributed by atoms with Gasteiger partial charge < -0.3 is 8.98 Å². The number of hydrogen-bond donors (Lipinski definition) is 0. The number of aromatic nitrogens is 2. The quantitative estimate of drug-likeness (QED) is 0.515. The monoisotopic (exact) mass is 316 g/mol. The van der Waals surface area contributed by atoms with Crippen molar-refractivity contribution in [3.8, 4) is 11.6 Å². The van der Waals surface area contributed by atoms with E-state index in [1.54, 1.807) is 0 Å². The van der Waals surface area contributed by atoms with Crippen molar-refractivity contribution in [3.63, 3.8) is 0 Å². The van der Waals surface area contributed by atoms with Gasteiger partial charge in [-0.25, -0.2) is 4.98 Å². The van der Waals surface area contributed by atoms with E-state index in [2.05, 4.69) is 60.9 Å². The number of benzene rings is 2. The van der Waals surface area contributed by atoms with Crippen LogP contribution in [0.3, 0.4) is 0 Å². The van der Waals surface area contributed by atoms with Gasteiger partial charge in [0.2, 0.25) is 0 Å². The fourth-order valence-corrected chi connectivity index (χ4v) is 3.02. The molecule has 0 radical (unpaired) electrons. The average molecular weight is 316 g/mol. The molecule has 24 heavy (non-hydrogen) atoms. The summed E-state index contributed by atoms with van der Waals surface area (Å²) in [6.45, 7) is 6.93. The summed E-state index contributed by atoms with van der Waals surface area (Å²) in [6, 6.07) is 19.0. The fourth-order valence-electron chi connectivity index (χ4n) is 3.02. The number of fused-ring (bicyclic) bond motifs is 1. The van der Waals surface area contributed by atoms with E-state index in [1.807, 2.05) is 19.1 Å². The lowest BCUT2D eigenvalue weighted by molar-refractivity contribution is 0.540. The maximum absolute atomic E-state index is 5.84. The van der Waals surface area contributed by atoms with Gasteiger partial charge in [-0.1, -0.05) is 35.9 Å². The van der Waals surface area contributed by atoms with E-state index in [1.165, 1.54) is 16.7 Å². The second-order valence-corrected chi connectivity index (χ2v) is 6.41. The molecule has 120 valence electrons. The molecular formula is C21H20N2O. The third-order valence-corrected chi connectivity index (χ3v) is 4.33. The second-order valence-electron chi connectivity index (χ2n) is 6.41. The molecule has 0 saturated carbocycles. The maximum Gasteiger partial charge on any atom is 0.177 e. The largest absolute Gasteiger partial charge is 0.458 e. The predicted octanol–water partition coefficient (Wildman–Crippen LogP) is 5.27. The molecule has 0 fully saturated rings. The highest BCUT2D eigenvalue weighted by Crippen LogP contribution is 2.28. The Morgan fingerprint density at radius 2 is 1.62 bits per heavy atom. The Morgan fingerprint density at radius 3 is 2.33 bits per heavy atom. The van der Waals surface area contributed by atoms with Crippen LogP contribution in [0, 0.1) is 20.8 Å². The number of hydrogen-bond acceptors (Lipinski definition) is 2. The summed E-state index contributed by atoms with van der Waals surface area (Å²) in [7, 11) is 0. The molecular weight excluding hydrogens is 296 g/mol. The van der Waals surface area contributed by atoms with E-state index in [4.69, 9.17) is 9.40 Å². The van der Waals surface area contributed by atoms with E-state index in [9.17, 15) is 0 Å². The van der Waals surface area contributed by atoms with Crippen LogP contribution in [-0.4, -0.2) is 9.55 Å². The number of imidazole rings is 1. The fraction of sp³-hybridized carbons (Fsp3) is 0.190. The van der Waals surface area contributed by atoms with Gasteiger partial charge in [0.15, 0.2) is 11.6 Å². The van der Waals surface area contributed by atoms with E-state index >= 15 is 0 Å². The number of rotatable bonds is 3. The van der Waals surface area contributed by atoms with E-state index in [0.29, 0.717) is 0 Å². The summed E-state index contributed by atoms with van der Waals surface area (Å²) < 4.78 is 8.08. The van der Waals surface area contributed by atoms with Crippen molar-refractivity contribution in [2.75, 3.05) is 0 Å². The van der Waals surface area contributed by atoms with Crippen molar-refractivity contribution in [1.29, 1.82) is 0 Å². The first-order valence-electron chi connectivity index (χ1n) is 8.19. The molecule has 0 atom stereocenters. The van der Waals surface area contributed by atoms with Gasteiger partial charge in [-0.15, -0.1) is 0 Å². The molecule has 2 aromatic heterocycles. The molecule has 0 aliphatic carbocycles. The normalized spacial score (nSPS) is 11.3. The van der Waals surface area contributed by atoms with Crippen molar-refractivity contribution in [2.24, 2.45) is 0 Å². The Balaban J connectivity index is 1.88. The first-order valence-corrected chi connectivity index (χ1v) is 8.19. The summed E-state index contributed by atoms with van der Waals surface area (Å²) in [4.78, 5) is 4.84. The van der Waals surface area contributed by atoms with Crippen LogP contribution in [0.1, 0.15) is 22.5 Å². The number of furan rings is 1. The highest BCUT2D eigenvalue weighted by atomic mass is 16.3. The van der Waals surface area contributed by atoms with E-state index in [0.717, 1.165) is 34.9 Å². The molecule has 0 N–H and O–H groups in total. The second kappa shape index (κ2) is 5.68. The Hall–Kier alpha value is -2.81. The Morgan fingerprint density at radius 1 is 0.875 bits per heavy atom. The topological polar surface area (TPSA) is 31.0 Å². The molecule has 0 amide bonds. The minimum atomic E-state index is 0.773. The van der Waals surface area contributed by atoms with Crippen molar-refractivity contribution in [2.45, 2.75) is 27.3 Å². The molecule has 0 spiro atoms. The van der Waals surface area contributed by atoms with Crippen molar-refractivity contribution in [1.82, 2.24) is 9.55 Å². The molecule has 4 aromatic rings. The highest BCUT2D eigenvalue weighted by molar-refractivity contribution is 5.80. The Labute approximate surface area is 141 Å². The molecule has 4 rings (SSSR count). The lowest BCUT2D eigenvalue weighted by atomic mass is 10.1. The van der Waals surface area contributed by atoms with Crippen molar-refractivity contribution in [3.05, 3.63) is 77.0 Å². The van der Waals surface area contributed by atoms with Crippen LogP contribution in [0.5, 0.6) is 0 Å². The minimum absolute atomic E-state index is 0.773. The summed E-state index contributed by atoms with van der Waals surface area (Å²) in [5, 5.41) is 0. The van der Waals surface area contributed by atoms with E-state index < -0.39 is 0 Å². The van der Waals surface area contributed by atoms with Crippen LogP contribution < -0.4 is 0 Å². The van der Waals surface area contributed by atoms with Crippen molar-refractivity contribution < 1.29 is 4.42 Å². The van der Waals surface area contributed by atoms with Gasteiger partial charge in [0.1, 0.15) is 5.76 Å². The summed E-state index contributed by atoms with van der Waals surface area (Å²) in [6.07, 6.45) is 0. The van der Waals surface area contributed by atoms with Crippen LogP contribution >= 0.6 is 0 Å². The van der Waals surface area contributed by atoms with Gasteiger partial charge in [0.25, 0.3) is 0 Å². The molecule has 2 aromatic carbocycles. The molecule has 3 nitrogen and oxygen atoms in total. The van der Waals surface area contributed by atoms with Crippen LogP contribution in [0.2, 0.25) is 0 Å². The lowest BCUT2D eigenvalue weighted by Gasteiger charge is -2.09. The average Bonchev–Trinajstić information content (AvgIpc) is 3.13. The van der Waals surface area contributed by atoms with Gasteiger partial charge in [-0.05, 0) is 56.2 Å². The highest BCUT2D eigenvalue weighted by Gasteiger charge is 2.15. The van der Waals surface area contributed by atoms with E-state index in [-0.39, 0.29) is 0 Å². The number of aryl methyl sites for hydroxylation is 3. The Kier molecular flexibility index (Phi) is 3.49. The lowest BCUT2D eigenvalue weighted by Crippen LogP contribution is -2.02. The van der Waals surface area contributed by atoms with Crippen LogP contribution in [0.4, 0.5) is 0 Å². The zero-order valence-electron chi connectivity index (χ0n) is 14.2. The SMILES string of the molecule is Cc1ccc(Cn2c(-c3ccc(C)o3)nc3cc(C)ccc32)cc1. The third-order valence-electron chi connectivity index (χ3n) is 4.33. The molecule has 2 heterocycles. The number of nitrogens with zero attached hydrogens (tertiary/aromatic N) is 2. The molecule has 3 heteroatoms. The smallest absolute Gasteiger partial charge is 0.177 e. The summed E-state index contributed by atoms with van der Waals surface area (Å²) in [5.41, 5.74) is 5.87. The van der Waals surface area contributed by atoms with Gasteiger partial charge in [-0.3, -0.25) is 0 Å². The van der Waals surface area contributed by atoms with Gasteiger partial charge in [0.05, 0.1) is 11.0 Å².